The highest BCUT2D eigenvalue weighted by molar-refractivity contribution is 7.13. The van der Waals surface area contributed by atoms with E-state index in [-0.39, 0.29) is 12.5 Å². The van der Waals surface area contributed by atoms with Crippen molar-refractivity contribution < 1.29 is 27.9 Å². The molecule has 0 unspecified atom stereocenters. The van der Waals surface area contributed by atoms with Crippen LogP contribution in [-0.4, -0.2) is 39.5 Å². The highest BCUT2D eigenvalue weighted by Crippen LogP contribution is 2.33. The van der Waals surface area contributed by atoms with E-state index in [4.69, 9.17) is 5.11 Å². The Hall–Kier alpha value is -2.42. The van der Waals surface area contributed by atoms with Gasteiger partial charge in [0.15, 0.2) is 0 Å². The number of benzene rings is 1. The van der Waals surface area contributed by atoms with Gasteiger partial charge in [0.2, 0.25) is 5.91 Å². The van der Waals surface area contributed by atoms with Crippen LogP contribution in [0.2, 0.25) is 0 Å². The molecule has 2 rings (SSSR count). The van der Waals surface area contributed by atoms with Gasteiger partial charge in [-0.15, -0.1) is 11.3 Å². The van der Waals surface area contributed by atoms with Crippen LogP contribution in [0.25, 0.3) is 10.6 Å². The van der Waals surface area contributed by atoms with Gasteiger partial charge in [-0.1, -0.05) is 12.1 Å². The van der Waals surface area contributed by atoms with Gasteiger partial charge in [0, 0.05) is 17.0 Å². The van der Waals surface area contributed by atoms with Gasteiger partial charge in [0.25, 0.3) is 0 Å². The number of amides is 1. The summed E-state index contributed by atoms with van der Waals surface area (Å²) in [6, 6.07) is 4.52. The Morgan fingerprint density at radius 3 is 2.58 bits per heavy atom. The second-order valence-electron chi connectivity index (χ2n) is 5.91. The molecule has 0 radical (unpaired) electrons. The van der Waals surface area contributed by atoms with Crippen molar-refractivity contribution in [3.05, 3.63) is 40.9 Å². The van der Waals surface area contributed by atoms with Crippen LogP contribution in [0.3, 0.4) is 0 Å². The number of carboxylic acids is 1. The monoisotopic (exact) mass is 386 g/mol. The maximum Gasteiger partial charge on any atom is 0.416 e. The van der Waals surface area contributed by atoms with Crippen molar-refractivity contribution in [1.82, 2.24) is 9.88 Å². The number of nitrogens with zero attached hydrogens (tertiary/aromatic N) is 2. The molecule has 2 aromatic rings. The largest absolute Gasteiger partial charge is 0.480 e. The van der Waals surface area contributed by atoms with Gasteiger partial charge in [0.05, 0.1) is 17.7 Å². The fraction of sp³-hybridized carbons (Fsp3) is 0.353. The zero-order chi connectivity index (χ0) is 19.5. The third kappa shape index (κ3) is 5.04. The Kier molecular flexibility index (Phi) is 6.01. The standard InChI is InChI=1S/C17H17F3N2O3S/c1-10(2)22(8-15(24)25)14(23)7-13-9-26-16(21-13)11-4-3-5-12(6-11)17(18,19)20/h3-6,9-10H,7-8H2,1-2H3,(H,24,25). The average Bonchev–Trinajstić information content (AvgIpc) is 3.00. The predicted molar refractivity (Wildman–Crippen MR) is 90.7 cm³/mol. The van der Waals surface area contributed by atoms with Crippen molar-refractivity contribution in [2.45, 2.75) is 32.5 Å². The first kappa shape index (κ1) is 19.9. The van der Waals surface area contributed by atoms with Crippen LogP contribution in [0.1, 0.15) is 25.1 Å². The summed E-state index contributed by atoms with van der Waals surface area (Å²) in [5, 5.41) is 10.9. The quantitative estimate of drug-likeness (QED) is 0.822. The Bertz CT molecular complexity index is 803. The minimum atomic E-state index is -4.44. The molecule has 5 nitrogen and oxygen atoms in total. The third-order valence-corrected chi connectivity index (χ3v) is 4.51. The van der Waals surface area contributed by atoms with Crippen LogP contribution in [-0.2, 0) is 22.2 Å². The number of thiazole rings is 1. The molecule has 0 fully saturated rings. The molecule has 0 saturated heterocycles. The van der Waals surface area contributed by atoms with E-state index in [1.807, 2.05) is 0 Å². The molecular weight excluding hydrogens is 369 g/mol. The van der Waals surface area contributed by atoms with E-state index >= 15 is 0 Å². The van der Waals surface area contributed by atoms with Crippen molar-refractivity contribution in [3.63, 3.8) is 0 Å². The normalized spacial score (nSPS) is 11.6. The van der Waals surface area contributed by atoms with Gasteiger partial charge in [-0.25, -0.2) is 4.98 Å². The lowest BCUT2D eigenvalue weighted by molar-refractivity contribution is -0.145. The molecule has 0 aliphatic rings. The van der Waals surface area contributed by atoms with Gasteiger partial charge in [-0.05, 0) is 26.0 Å². The number of halogens is 3. The Balaban J connectivity index is 2.17. The van der Waals surface area contributed by atoms with Crippen LogP contribution in [0.15, 0.2) is 29.6 Å². The minimum Gasteiger partial charge on any atom is -0.480 e. The number of alkyl halides is 3. The van der Waals surface area contributed by atoms with E-state index in [1.165, 1.54) is 17.0 Å². The maximum absolute atomic E-state index is 12.8. The number of carbonyl (C=O) groups is 2. The average molecular weight is 386 g/mol. The molecule has 26 heavy (non-hydrogen) atoms. The molecule has 140 valence electrons. The van der Waals surface area contributed by atoms with E-state index in [1.54, 1.807) is 19.2 Å². The van der Waals surface area contributed by atoms with E-state index < -0.39 is 30.2 Å². The Morgan fingerprint density at radius 1 is 1.31 bits per heavy atom. The smallest absolute Gasteiger partial charge is 0.416 e. The third-order valence-electron chi connectivity index (χ3n) is 3.57. The van der Waals surface area contributed by atoms with Gasteiger partial charge < -0.3 is 10.0 Å². The molecule has 9 heteroatoms. The molecule has 0 saturated carbocycles. The van der Waals surface area contributed by atoms with Crippen LogP contribution < -0.4 is 0 Å². The lowest BCUT2D eigenvalue weighted by Crippen LogP contribution is -2.41. The summed E-state index contributed by atoms with van der Waals surface area (Å²) in [6.45, 7) is 2.99. The molecule has 0 spiro atoms. The summed E-state index contributed by atoms with van der Waals surface area (Å²) in [5.74, 6) is -1.52. The molecule has 1 amide bonds. The maximum atomic E-state index is 12.8. The highest BCUT2D eigenvalue weighted by atomic mass is 32.1. The van der Waals surface area contributed by atoms with Crippen LogP contribution >= 0.6 is 11.3 Å². The molecule has 0 atom stereocenters. The van der Waals surface area contributed by atoms with Gasteiger partial charge >= 0.3 is 12.1 Å². The molecule has 1 aromatic carbocycles. The lowest BCUT2D eigenvalue weighted by Gasteiger charge is -2.24. The molecule has 0 bridgehead atoms. The SMILES string of the molecule is CC(C)N(CC(=O)O)C(=O)Cc1csc(-c2cccc(C(F)(F)F)c2)n1. The summed E-state index contributed by atoms with van der Waals surface area (Å²) in [6.07, 6.45) is -4.55. The van der Waals surface area contributed by atoms with Crippen molar-refractivity contribution in [3.8, 4) is 10.6 Å². The number of aromatic nitrogens is 1. The second kappa shape index (κ2) is 7.86. The summed E-state index contributed by atoms with van der Waals surface area (Å²) < 4.78 is 38.4. The summed E-state index contributed by atoms with van der Waals surface area (Å²) >= 11 is 1.13. The Morgan fingerprint density at radius 2 is 2.00 bits per heavy atom. The number of hydrogen-bond acceptors (Lipinski definition) is 4. The molecule has 1 N–H and O–H groups in total. The highest BCUT2D eigenvalue weighted by Gasteiger charge is 2.30. The van der Waals surface area contributed by atoms with Gasteiger partial charge in [-0.2, -0.15) is 13.2 Å². The lowest BCUT2D eigenvalue weighted by atomic mass is 10.1. The van der Waals surface area contributed by atoms with E-state index in [0.717, 1.165) is 23.5 Å². The molecule has 0 aliphatic heterocycles. The first-order valence-electron chi connectivity index (χ1n) is 7.71. The first-order chi connectivity index (χ1) is 12.1. The van der Waals surface area contributed by atoms with Crippen molar-refractivity contribution in [1.29, 1.82) is 0 Å². The molecular formula is C17H17F3N2O3S. The number of carboxylic acid groups (broad SMARTS) is 1. The zero-order valence-corrected chi connectivity index (χ0v) is 14.9. The topological polar surface area (TPSA) is 70.5 Å². The number of rotatable bonds is 6. The fourth-order valence-corrected chi connectivity index (χ4v) is 3.13. The zero-order valence-electron chi connectivity index (χ0n) is 14.1. The van der Waals surface area contributed by atoms with Gasteiger partial charge in [-0.3, -0.25) is 9.59 Å². The first-order valence-corrected chi connectivity index (χ1v) is 8.59. The number of carbonyl (C=O) groups excluding carboxylic acids is 1. The van der Waals surface area contributed by atoms with Crippen molar-refractivity contribution in [2.75, 3.05) is 6.54 Å². The van der Waals surface area contributed by atoms with Crippen LogP contribution in [0.4, 0.5) is 13.2 Å². The number of hydrogen-bond donors (Lipinski definition) is 1. The Labute approximate surface area is 152 Å². The summed E-state index contributed by atoms with van der Waals surface area (Å²) in [5.41, 5.74) is -0.0616. The molecule has 1 aromatic heterocycles. The van der Waals surface area contributed by atoms with Crippen molar-refractivity contribution >= 4 is 23.2 Å². The predicted octanol–water partition coefficient (Wildman–Crippen LogP) is 3.69. The van der Waals surface area contributed by atoms with Crippen LogP contribution in [0.5, 0.6) is 0 Å². The molecule has 1 heterocycles. The second-order valence-corrected chi connectivity index (χ2v) is 6.77. The summed E-state index contributed by atoms with van der Waals surface area (Å²) in [4.78, 5) is 28.6. The van der Waals surface area contributed by atoms with E-state index in [9.17, 15) is 22.8 Å². The minimum absolute atomic E-state index is 0.110. The molecule has 0 aliphatic carbocycles. The van der Waals surface area contributed by atoms with Gasteiger partial charge in [0.1, 0.15) is 11.6 Å². The van der Waals surface area contributed by atoms with E-state index in [0.29, 0.717) is 16.3 Å². The summed E-state index contributed by atoms with van der Waals surface area (Å²) in [7, 11) is 0. The van der Waals surface area contributed by atoms with Crippen molar-refractivity contribution in [2.24, 2.45) is 0 Å². The van der Waals surface area contributed by atoms with E-state index in [2.05, 4.69) is 4.98 Å². The number of aliphatic carboxylic acids is 1. The fourth-order valence-electron chi connectivity index (χ4n) is 2.31. The van der Waals surface area contributed by atoms with Crippen LogP contribution in [0, 0.1) is 0 Å².